The van der Waals surface area contributed by atoms with Crippen LogP contribution < -0.4 is 5.32 Å². The summed E-state index contributed by atoms with van der Waals surface area (Å²) in [6, 6.07) is 7.65. The summed E-state index contributed by atoms with van der Waals surface area (Å²) >= 11 is 3.75. The highest BCUT2D eigenvalue weighted by molar-refractivity contribution is 9.10. The second-order valence-electron chi connectivity index (χ2n) is 6.38. The predicted octanol–water partition coefficient (Wildman–Crippen LogP) is 3.93. The van der Waals surface area contributed by atoms with Crippen LogP contribution in [0.1, 0.15) is 43.7 Å². The second kappa shape index (κ2) is 6.59. The maximum absolute atomic E-state index is 3.75. The van der Waals surface area contributed by atoms with Crippen LogP contribution in [0.15, 0.2) is 22.7 Å². The molecule has 1 aromatic carbocycles. The van der Waals surface area contributed by atoms with E-state index in [2.05, 4.69) is 51.3 Å². The Bertz CT molecular complexity index is 456. The van der Waals surface area contributed by atoms with Crippen molar-refractivity contribution in [2.45, 2.75) is 51.7 Å². The minimum absolute atomic E-state index is 0.782. The van der Waals surface area contributed by atoms with E-state index in [9.17, 15) is 0 Å². The zero-order chi connectivity index (χ0) is 13.9. The van der Waals surface area contributed by atoms with E-state index < -0.39 is 0 Å². The summed E-state index contributed by atoms with van der Waals surface area (Å²) in [7, 11) is 0. The summed E-state index contributed by atoms with van der Waals surface area (Å²) in [6.07, 6.45) is 5.40. The highest BCUT2D eigenvalue weighted by Crippen LogP contribution is 2.25. The standard InChI is InChI=1S/C17H25BrN2/c1-2-13-7-8-20(11-13)12-15-4-3-14(9-17(15)18)10-19-16-5-6-16/h3-4,9,13,16,19H,2,5-8,10-12H2,1H3. The van der Waals surface area contributed by atoms with Gasteiger partial charge in [0.25, 0.3) is 0 Å². The zero-order valence-electron chi connectivity index (χ0n) is 12.4. The monoisotopic (exact) mass is 336 g/mol. The van der Waals surface area contributed by atoms with E-state index in [1.807, 2.05) is 0 Å². The van der Waals surface area contributed by atoms with Gasteiger partial charge in [-0.1, -0.05) is 41.4 Å². The lowest BCUT2D eigenvalue weighted by Crippen LogP contribution is -2.20. The Hall–Kier alpha value is -0.380. The van der Waals surface area contributed by atoms with Gasteiger partial charge in [-0.05, 0) is 48.9 Å². The SMILES string of the molecule is CCC1CCN(Cc2ccc(CNC3CC3)cc2Br)C1. The minimum atomic E-state index is 0.782. The fraction of sp³-hybridized carbons (Fsp3) is 0.647. The maximum atomic E-state index is 3.75. The third-order valence-corrected chi connectivity index (χ3v) is 5.37. The van der Waals surface area contributed by atoms with Gasteiger partial charge in [-0.3, -0.25) is 4.90 Å². The zero-order valence-corrected chi connectivity index (χ0v) is 14.0. The van der Waals surface area contributed by atoms with Gasteiger partial charge < -0.3 is 5.32 Å². The van der Waals surface area contributed by atoms with Crippen molar-refractivity contribution in [2.75, 3.05) is 13.1 Å². The summed E-state index contributed by atoms with van der Waals surface area (Å²) < 4.78 is 1.27. The Balaban J connectivity index is 1.56. The molecule has 0 bridgehead atoms. The number of benzene rings is 1. The first-order valence-corrected chi connectivity index (χ1v) is 8.77. The highest BCUT2D eigenvalue weighted by atomic mass is 79.9. The van der Waals surface area contributed by atoms with Crippen molar-refractivity contribution in [3.63, 3.8) is 0 Å². The van der Waals surface area contributed by atoms with Crippen molar-refractivity contribution in [2.24, 2.45) is 5.92 Å². The van der Waals surface area contributed by atoms with Gasteiger partial charge in [0, 0.05) is 30.1 Å². The quantitative estimate of drug-likeness (QED) is 0.846. The van der Waals surface area contributed by atoms with E-state index in [0.717, 1.165) is 25.0 Å². The van der Waals surface area contributed by atoms with Crippen LogP contribution >= 0.6 is 15.9 Å². The van der Waals surface area contributed by atoms with Crippen LogP contribution in [0, 0.1) is 5.92 Å². The van der Waals surface area contributed by atoms with Crippen LogP contribution in [0.25, 0.3) is 0 Å². The molecule has 2 nitrogen and oxygen atoms in total. The van der Waals surface area contributed by atoms with Crippen molar-refractivity contribution in [3.8, 4) is 0 Å². The number of halogens is 1. The molecule has 1 saturated heterocycles. The van der Waals surface area contributed by atoms with E-state index >= 15 is 0 Å². The summed E-state index contributed by atoms with van der Waals surface area (Å²) in [5.74, 6) is 0.913. The van der Waals surface area contributed by atoms with Gasteiger partial charge >= 0.3 is 0 Å². The van der Waals surface area contributed by atoms with E-state index in [4.69, 9.17) is 0 Å². The Kier molecular flexibility index (Phi) is 4.79. The average molecular weight is 337 g/mol. The molecule has 1 atom stereocenters. The highest BCUT2D eigenvalue weighted by Gasteiger charge is 2.22. The van der Waals surface area contributed by atoms with E-state index in [0.29, 0.717) is 0 Å². The van der Waals surface area contributed by atoms with Gasteiger partial charge in [0.15, 0.2) is 0 Å². The molecule has 3 heteroatoms. The number of nitrogens with zero attached hydrogens (tertiary/aromatic N) is 1. The number of rotatable bonds is 6. The van der Waals surface area contributed by atoms with Crippen LogP contribution in [0.3, 0.4) is 0 Å². The smallest absolute Gasteiger partial charge is 0.0245 e. The van der Waals surface area contributed by atoms with Crippen molar-refractivity contribution in [1.29, 1.82) is 0 Å². The molecule has 3 rings (SSSR count). The summed E-state index contributed by atoms with van der Waals surface area (Å²) in [5, 5.41) is 3.57. The normalized spacial score (nSPS) is 23.4. The fourth-order valence-electron chi connectivity index (χ4n) is 3.01. The Morgan fingerprint density at radius 1 is 1.30 bits per heavy atom. The molecule has 0 amide bonds. The van der Waals surface area contributed by atoms with Gasteiger partial charge in [0.1, 0.15) is 0 Å². The molecule has 0 spiro atoms. The first kappa shape index (κ1) is 14.6. The number of hydrogen-bond donors (Lipinski definition) is 1. The predicted molar refractivity (Wildman–Crippen MR) is 87.7 cm³/mol. The molecule has 1 N–H and O–H groups in total. The molecule has 0 aromatic heterocycles. The minimum Gasteiger partial charge on any atom is -0.310 e. The second-order valence-corrected chi connectivity index (χ2v) is 7.23. The van der Waals surface area contributed by atoms with E-state index in [-0.39, 0.29) is 0 Å². The first-order chi connectivity index (χ1) is 9.74. The molecular weight excluding hydrogens is 312 g/mol. The molecule has 2 aliphatic rings. The van der Waals surface area contributed by atoms with Crippen molar-refractivity contribution in [3.05, 3.63) is 33.8 Å². The number of likely N-dealkylation sites (tertiary alicyclic amines) is 1. The third-order valence-electron chi connectivity index (χ3n) is 4.63. The molecule has 20 heavy (non-hydrogen) atoms. The van der Waals surface area contributed by atoms with E-state index in [1.54, 1.807) is 0 Å². The van der Waals surface area contributed by atoms with E-state index in [1.165, 1.54) is 54.4 Å². The molecule has 1 aromatic rings. The fourth-order valence-corrected chi connectivity index (χ4v) is 3.56. The molecular formula is C17H25BrN2. The van der Waals surface area contributed by atoms with Crippen molar-refractivity contribution < 1.29 is 0 Å². The third kappa shape index (κ3) is 3.84. The Morgan fingerprint density at radius 2 is 2.15 bits per heavy atom. The lowest BCUT2D eigenvalue weighted by atomic mass is 10.1. The lowest BCUT2D eigenvalue weighted by molar-refractivity contribution is 0.314. The van der Waals surface area contributed by atoms with Gasteiger partial charge in [-0.2, -0.15) is 0 Å². The van der Waals surface area contributed by atoms with Crippen molar-refractivity contribution in [1.82, 2.24) is 10.2 Å². The first-order valence-electron chi connectivity index (χ1n) is 7.97. The molecule has 0 radical (unpaired) electrons. The van der Waals surface area contributed by atoms with Gasteiger partial charge in [-0.25, -0.2) is 0 Å². The van der Waals surface area contributed by atoms with Crippen LogP contribution in [0.4, 0.5) is 0 Å². The van der Waals surface area contributed by atoms with Gasteiger partial charge in [0.05, 0.1) is 0 Å². The molecule has 1 heterocycles. The number of hydrogen-bond acceptors (Lipinski definition) is 2. The maximum Gasteiger partial charge on any atom is 0.0245 e. The average Bonchev–Trinajstić information content (AvgIpc) is 3.17. The summed E-state index contributed by atoms with van der Waals surface area (Å²) in [4.78, 5) is 2.59. The van der Waals surface area contributed by atoms with Crippen LogP contribution in [-0.4, -0.2) is 24.0 Å². The molecule has 2 fully saturated rings. The van der Waals surface area contributed by atoms with Crippen LogP contribution in [0.2, 0.25) is 0 Å². The van der Waals surface area contributed by atoms with Crippen molar-refractivity contribution >= 4 is 15.9 Å². The van der Waals surface area contributed by atoms with Crippen LogP contribution in [0.5, 0.6) is 0 Å². The topological polar surface area (TPSA) is 15.3 Å². The largest absolute Gasteiger partial charge is 0.310 e. The molecule has 110 valence electrons. The lowest BCUT2D eigenvalue weighted by Gasteiger charge is -2.17. The molecule has 1 saturated carbocycles. The Morgan fingerprint density at radius 3 is 2.80 bits per heavy atom. The molecule has 1 unspecified atom stereocenters. The van der Waals surface area contributed by atoms with Gasteiger partial charge in [0.2, 0.25) is 0 Å². The molecule has 1 aliphatic heterocycles. The van der Waals surface area contributed by atoms with Crippen LogP contribution in [-0.2, 0) is 13.1 Å². The Labute approximate surface area is 131 Å². The molecule has 1 aliphatic carbocycles. The number of nitrogens with one attached hydrogen (secondary N) is 1. The van der Waals surface area contributed by atoms with Gasteiger partial charge in [-0.15, -0.1) is 0 Å². The summed E-state index contributed by atoms with van der Waals surface area (Å²) in [6.45, 7) is 6.94. The summed E-state index contributed by atoms with van der Waals surface area (Å²) in [5.41, 5.74) is 2.82.